The van der Waals surface area contributed by atoms with Gasteiger partial charge in [-0.2, -0.15) is 0 Å². The van der Waals surface area contributed by atoms with Crippen molar-refractivity contribution in [2.45, 2.75) is 80.2 Å². The second kappa shape index (κ2) is 9.04. The van der Waals surface area contributed by atoms with Gasteiger partial charge in [-0.05, 0) is 30.6 Å². The second-order valence-corrected chi connectivity index (χ2v) is 7.92. The first-order valence-electron chi connectivity index (χ1n) is 8.49. The number of carbonyl (C=O) groups is 3. The lowest BCUT2D eigenvalue weighted by molar-refractivity contribution is -0.127. The SMILES string of the molecule is CCC(=O)NCC(C)(C)CC(C)(C)CC(NC(=O)CC)C(C)=O. The van der Waals surface area contributed by atoms with Gasteiger partial charge in [0, 0.05) is 19.4 Å². The molecule has 0 aromatic carbocycles. The summed E-state index contributed by atoms with van der Waals surface area (Å²) in [5.74, 6) is -0.0693. The Morgan fingerprint density at radius 1 is 0.913 bits per heavy atom. The zero-order valence-electron chi connectivity index (χ0n) is 15.8. The molecule has 0 aliphatic heterocycles. The van der Waals surface area contributed by atoms with Gasteiger partial charge in [-0.1, -0.05) is 41.5 Å². The summed E-state index contributed by atoms with van der Waals surface area (Å²) in [4.78, 5) is 34.9. The number of carbonyl (C=O) groups excluding carboxylic acids is 3. The molecular weight excluding hydrogens is 292 g/mol. The third-order valence-electron chi connectivity index (χ3n) is 3.95. The average molecular weight is 326 g/mol. The van der Waals surface area contributed by atoms with E-state index in [1.165, 1.54) is 6.92 Å². The van der Waals surface area contributed by atoms with Crippen LogP contribution in [0.1, 0.15) is 74.1 Å². The summed E-state index contributed by atoms with van der Waals surface area (Å²) in [6.45, 7) is 14.2. The molecule has 0 aliphatic rings. The lowest BCUT2D eigenvalue weighted by atomic mass is 9.71. The highest BCUT2D eigenvalue weighted by Crippen LogP contribution is 2.36. The van der Waals surface area contributed by atoms with Crippen LogP contribution in [0.4, 0.5) is 0 Å². The first-order chi connectivity index (χ1) is 10.4. The number of amides is 2. The fraction of sp³-hybridized carbons (Fsp3) is 0.833. The van der Waals surface area contributed by atoms with Crippen LogP contribution in [0.2, 0.25) is 0 Å². The van der Waals surface area contributed by atoms with Gasteiger partial charge in [-0.3, -0.25) is 14.4 Å². The summed E-state index contributed by atoms with van der Waals surface area (Å²) in [7, 11) is 0. The molecular formula is C18H34N2O3. The third kappa shape index (κ3) is 9.36. The maximum absolute atomic E-state index is 11.8. The van der Waals surface area contributed by atoms with E-state index in [9.17, 15) is 14.4 Å². The van der Waals surface area contributed by atoms with Crippen LogP contribution in [-0.4, -0.2) is 30.2 Å². The van der Waals surface area contributed by atoms with E-state index in [1.807, 2.05) is 6.92 Å². The monoisotopic (exact) mass is 326 g/mol. The molecule has 23 heavy (non-hydrogen) atoms. The summed E-state index contributed by atoms with van der Waals surface area (Å²) in [6, 6.07) is -0.446. The van der Waals surface area contributed by atoms with Gasteiger partial charge in [0.15, 0.2) is 5.78 Å². The molecule has 1 unspecified atom stereocenters. The van der Waals surface area contributed by atoms with Crippen molar-refractivity contribution in [3.05, 3.63) is 0 Å². The van der Waals surface area contributed by atoms with Crippen LogP contribution < -0.4 is 10.6 Å². The van der Waals surface area contributed by atoms with E-state index in [-0.39, 0.29) is 28.4 Å². The molecule has 0 bridgehead atoms. The Morgan fingerprint density at radius 3 is 1.87 bits per heavy atom. The van der Waals surface area contributed by atoms with Gasteiger partial charge in [-0.15, -0.1) is 0 Å². The maximum Gasteiger partial charge on any atom is 0.220 e. The minimum absolute atomic E-state index is 0.0167. The molecule has 2 amide bonds. The van der Waals surface area contributed by atoms with Crippen LogP contribution in [0, 0.1) is 10.8 Å². The lowest BCUT2D eigenvalue weighted by Gasteiger charge is -2.37. The average Bonchev–Trinajstić information content (AvgIpc) is 2.42. The van der Waals surface area contributed by atoms with Crippen LogP contribution in [0.15, 0.2) is 0 Å². The molecule has 5 nitrogen and oxygen atoms in total. The molecule has 0 saturated heterocycles. The van der Waals surface area contributed by atoms with Gasteiger partial charge >= 0.3 is 0 Å². The number of rotatable bonds is 10. The Labute approximate surface area is 141 Å². The Hall–Kier alpha value is -1.39. The van der Waals surface area contributed by atoms with Crippen LogP contribution in [0.25, 0.3) is 0 Å². The molecule has 0 aliphatic carbocycles. The highest BCUT2D eigenvalue weighted by Gasteiger charge is 2.33. The molecule has 1 atom stereocenters. The molecule has 0 rings (SSSR count). The van der Waals surface area contributed by atoms with E-state index in [2.05, 4.69) is 38.3 Å². The molecule has 2 N–H and O–H groups in total. The summed E-state index contributed by atoms with van der Waals surface area (Å²) < 4.78 is 0. The maximum atomic E-state index is 11.8. The van der Waals surface area contributed by atoms with Crippen molar-refractivity contribution in [1.82, 2.24) is 10.6 Å². The van der Waals surface area contributed by atoms with Gasteiger partial charge in [-0.25, -0.2) is 0 Å². The molecule has 0 radical (unpaired) electrons. The summed E-state index contributed by atoms with van der Waals surface area (Å²) in [5.41, 5.74) is -0.206. The number of hydrogen-bond donors (Lipinski definition) is 2. The Morgan fingerprint density at radius 2 is 1.43 bits per heavy atom. The van der Waals surface area contributed by atoms with Gasteiger partial charge in [0.25, 0.3) is 0 Å². The van der Waals surface area contributed by atoms with Crippen molar-refractivity contribution >= 4 is 17.6 Å². The predicted molar refractivity (Wildman–Crippen MR) is 93.0 cm³/mol. The quantitative estimate of drug-likeness (QED) is 0.648. The minimum atomic E-state index is -0.446. The number of Topliss-reactive ketones (excluding diaryl/α,β-unsaturated/α-hetero) is 1. The lowest BCUT2D eigenvalue weighted by Crippen LogP contribution is -2.44. The van der Waals surface area contributed by atoms with E-state index in [0.29, 0.717) is 25.8 Å². The molecule has 0 spiro atoms. The van der Waals surface area contributed by atoms with Crippen LogP contribution in [0.5, 0.6) is 0 Å². The molecule has 0 fully saturated rings. The minimum Gasteiger partial charge on any atom is -0.356 e. The first-order valence-corrected chi connectivity index (χ1v) is 8.49. The van der Waals surface area contributed by atoms with Crippen LogP contribution in [-0.2, 0) is 14.4 Å². The first kappa shape index (κ1) is 21.6. The van der Waals surface area contributed by atoms with Crippen molar-refractivity contribution in [2.75, 3.05) is 6.54 Å². The number of nitrogens with one attached hydrogen (secondary N) is 2. The van der Waals surface area contributed by atoms with Gasteiger partial charge < -0.3 is 10.6 Å². The van der Waals surface area contributed by atoms with E-state index >= 15 is 0 Å². The van der Waals surface area contributed by atoms with Gasteiger partial charge in [0.2, 0.25) is 11.8 Å². The van der Waals surface area contributed by atoms with Crippen molar-refractivity contribution in [3.8, 4) is 0 Å². The van der Waals surface area contributed by atoms with Crippen molar-refractivity contribution in [2.24, 2.45) is 10.8 Å². The predicted octanol–water partition coefficient (Wildman–Crippen LogP) is 2.83. The molecule has 0 heterocycles. The van der Waals surface area contributed by atoms with E-state index in [4.69, 9.17) is 0 Å². The Bertz CT molecular complexity index is 428. The highest BCUT2D eigenvalue weighted by atomic mass is 16.2. The molecule has 0 aromatic rings. The van der Waals surface area contributed by atoms with Crippen LogP contribution in [0.3, 0.4) is 0 Å². The van der Waals surface area contributed by atoms with E-state index < -0.39 is 6.04 Å². The Kier molecular flexibility index (Phi) is 8.49. The second-order valence-electron chi connectivity index (χ2n) is 7.92. The fourth-order valence-corrected chi connectivity index (χ4v) is 3.04. The topological polar surface area (TPSA) is 75.3 Å². The molecule has 0 saturated carbocycles. The van der Waals surface area contributed by atoms with E-state index in [0.717, 1.165) is 6.42 Å². The standard InChI is InChI=1S/C18H34N2O3/c1-8-15(22)19-12-18(6,7)11-17(4,5)10-14(13(3)21)20-16(23)9-2/h14H,8-12H2,1-7H3,(H,19,22)(H,20,23). The normalized spacial score (nSPS) is 13.3. The van der Waals surface area contributed by atoms with Crippen molar-refractivity contribution < 1.29 is 14.4 Å². The molecule has 134 valence electrons. The van der Waals surface area contributed by atoms with Crippen molar-refractivity contribution in [3.63, 3.8) is 0 Å². The number of hydrogen-bond acceptors (Lipinski definition) is 3. The summed E-state index contributed by atoms with van der Waals surface area (Å²) in [5, 5.41) is 5.75. The molecule has 0 aromatic heterocycles. The number of ketones is 1. The summed E-state index contributed by atoms with van der Waals surface area (Å²) in [6.07, 6.45) is 2.29. The molecule has 5 heteroatoms. The summed E-state index contributed by atoms with van der Waals surface area (Å²) >= 11 is 0. The van der Waals surface area contributed by atoms with Gasteiger partial charge in [0.1, 0.15) is 0 Å². The smallest absolute Gasteiger partial charge is 0.220 e. The fourth-order valence-electron chi connectivity index (χ4n) is 3.04. The van der Waals surface area contributed by atoms with Gasteiger partial charge in [0.05, 0.1) is 6.04 Å². The third-order valence-corrected chi connectivity index (χ3v) is 3.95. The highest BCUT2D eigenvalue weighted by molar-refractivity contribution is 5.87. The zero-order valence-corrected chi connectivity index (χ0v) is 15.8. The largest absolute Gasteiger partial charge is 0.356 e. The Balaban J connectivity index is 4.78. The van der Waals surface area contributed by atoms with Crippen LogP contribution >= 0.6 is 0 Å². The van der Waals surface area contributed by atoms with E-state index in [1.54, 1.807) is 6.92 Å². The zero-order chi connectivity index (χ0) is 18.3. The van der Waals surface area contributed by atoms with Crippen molar-refractivity contribution in [1.29, 1.82) is 0 Å².